The SMILES string of the molecule is O=C(COC(=O)[C@@H]1CC(O)CN1C(=O)C12CC3CC(CC(C3)C1)C2)Nc1ccc(Cl)cc1. The fraction of sp³-hybridized carbons (Fsp3) is 0.625. The van der Waals surface area contributed by atoms with Crippen molar-refractivity contribution in [3.05, 3.63) is 29.3 Å². The zero-order chi connectivity index (χ0) is 22.5. The van der Waals surface area contributed by atoms with E-state index in [4.69, 9.17) is 16.3 Å². The van der Waals surface area contributed by atoms with Gasteiger partial charge in [-0.2, -0.15) is 0 Å². The number of carbonyl (C=O) groups is 3. The van der Waals surface area contributed by atoms with Crippen molar-refractivity contribution in [1.29, 1.82) is 0 Å². The lowest BCUT2D eigenvalue weighted by Crippen LogP contribution is -2.56. The molecule has 1 aliphatic heterocycles. The highest BCUT2D eigenvalue weighted by molar-refractivity contribution is 6.30. The minimum absolute atomic E-state index is 0.000663. The number of carbonyl (C=O) groups excluding carboxylic acids is 3. The Morgan fingerprint density at radius 2 is 1.62 bits per heavy atom. The van der Waals surface area contributed by atoms with Gasteiger partial charge in [0.1, 0.15) is 6.04 Å². The predicted molar refractivity (Wildman–Crippen MR) is 118 cm³/mol. The van der Waals surface area contributed by atoms with Crippen LogP contribution in [-0.4, -0.2) is 53.1 Å². The van der Waals surface area contributed by atoms with Crippen LogP contribution in [0.5, 0.6) is 0 Å². The molecule has 5 aliphatic rings. The highest BCUT2D eigenvalue weighted by Crippen LogP contribution is 2.60. The van der Waals surface area contributed by atoms with E-state index in [1.165, 1.54) is 24.2 Å². The van der Waals surface area contributed by atoms with Gasteiger partial charge in [-0.15, -0.1) is 0 Å². The van der Waals surface area contributed by atoms with Gasteiger partial charge < -0.3 is 20.1 Å². The van der Waals surface area contributed by atoms with Crippen LogP contribution in [0.2, 0.25) is 5.02 Å². The van der Waals surface area contributed by atoms with E-state index >= 15 is 0 Å². The second kappa shape index (κ2) is 8.34. The molecule has 6 rings (SSSR count). The van der Waals surface area contributed by atoms with E-state index in [0.717, 1.165) is 19.3 Å². The molecule has 4 bridgehead atoms. The standard InChI is InChI=1S/C24H29ClN2O5/c25-17-1-3-18(4-2-17)26-21(29)13-32-22(30)20-8-19(28)12-27(20)23(31)24-9-14-5-15(10-24)7-16(6-14)11-24/h1-4,14-16,19-20,28H,5-13H2,(H,26,29)/t14?,15?,16?,19?,20-,24?/m0/s1. The van der Waals surface area contributed by atoms with E-state index in [1.54, 1.807) is 24.3 Å². The Labute approximate surface area is 192 Å². The van der Waals surface area contributed by atoms with Crippen molar-refractivity contribution in [1.82, 2.24) is 4.90 Å². The van der Waals surface area contributed by atoms with Crippen molar-refractivity contribution in [2.45, 2.75) is 57.1 Å². The molecule has 2 amide bonds. The summed E-state index contributed by atoms with van der Waals surface area (Å²) >= 11 is 5.84. The van der Waals surface area contributed by atoms with Gasteiger partial charge in [0.2, 0.25) is 5.91 Å². The molecule has 8 heteroatoms. The quantitative estimate of drug-likeness (QED) is 0.658. The molecule has 1 aromatic carbocycles. The number of hydrogen-bond acceptors (Lipinski definition) is 5. The summed E-state index contributed by atoms with van der Waals surface area (Å²) in [5.41, 5.74) is 0.161. The Balaban J connectivity index is 1.22. The van der Waals surface area contributed by atoms with Gasteiger partial charge in [-0.3, -0.25) is 9.59 Å². The lowest BCUT2D eigenvalue weighted by Gasteiger charge is -2.56. The molecule has 32 heavy (non-hydrogen) atoms. The number of benzene rings is 1. The maximum absolute atomic E-state index is 13.7. The predicted octanol–water partition coefficient (Wildman–Crippen LogP) is 3.00. The van der Waals surface area contributed by atoms with Crippen molar-refractivity contribution in [3.8, 4) is 0 Å². The molecule has 7 nitrogen and oxygen atoms in total. The number of nitrogens with one attached hydrogen (secondary N) is 1. The first-order valence-corrected chi connectivity index (χ1v) is 11.9. The molecule has 1 saturated heterocycles. The molecule has 1 unspecified atom stereocenters. The highest BCUT2D eigenvalue weighted by Gasteiger charge is 2.57. The Bertz CT molecular complexity index is 882. The zero-order valence-electron chi connectivity index (χ0n) is 18.0. The third-order valence-electron chi connectivity index (χ3n) is 7.78. The summed E-state index contributed by atoms with van der Waals surface area (Å²) in [6.07, 6.45) is 5.76. The number of esters is 1. The lowest BCUT2D eigenvalue weighted by molar-refractivity contribution is -0.166. The Morgan fingerprint density at radius 3 is 2.22 bits per heavy atom. The number of aliphatic hydroxyl groups excluding tert-OH is 1. The van der Waals surface area contributed by atoms with Crippen LogP contribution in [0.4, 0.5) is 5.69 Å². The molecule has 0 aromatic heterocycles. The average molecular weight is 461 g/mol. The summed E-state index contributed by atoms with van der Waals surface area (Å²) in [7, 11) is 0. The van der Waals surface area contributed by atoms with Crippen LogP contribution in [0.15, 0.2) is 24.3 Å². The summed E-state index contributed by atoms with van der Waals surface area (Å²) in [6.45, 7) is -0.301. The molecular weight excluding hydrogens is 432 g/mol. The van der Waals surface area contributed by atoms with Crippen LogP contribution in [0.25, 0.3) is 0 Å². The highest BCUT2D eigenvalue weighted by atomic mass is 35.5. The second-order valence-electron chi connectivity index (χ2n) is 10.2. The van der Waals surface area contributed by atoms with Gasteiger partial charge in [0.15, 0.2) is 6.61 Å². The fourth-order valence-electron chi connectivity index (χ4n) is 6.90. The van der Waals surface area contributed by atoms with E-state index in [9.17, 15) is 19.5 Å². The third kappa shape index (κ3) is 4.13. The Kier molecular flexibility index (Phi) is 5.66. The van der Waals surface area contributed by atoms with Crippen LogP contribution in [0, 0.1) is 23.2 Å². The molecule has 172 valence electrons. The fourth-order valence-corrected chi connectivity index (χ4v) is 7.03. The van der Waals surface area contributed by atoms with Gasteiger partial charge in [-0.1, -0.05) is 11.6 Å². The Morgan fingerprint density at radius 1 is 1.03 bits per heavy atom. The summed E-state index contributed by atoms with van der Waals surface area (Å²) in [5.74, 6) is 0.726. The summed E-state index contributed by atoms with van der Waals surface area (Å²) in [6, 6.07) is 5.77. The minimum Gasteiger partial charge on any atom is -0.454 e. The number of halogens is 1. The van der Waals surface area contributed by atoms with E-state index < -0.39 is 30.6 Å². The van der Waals surface area contributed by atoms with Gasteiger partial charge in [-0.05, 0) is 80.5 Å². The van der Waals surface area contributed by atoms with E-state index in [0.29, 0.717) is 28.5 Å². The van der Waals surface area contributed by atoms with Gasteiger partial charge in [-0.25, -0.2) is 4.79 Å². The van der Waals surface area contributed by atoms with E-state index in [-0.39, 0.29) is 24.3 Å². The monoisotopic (exact) mass is 460 g/mol. The van der Waals surface area contributed by atoms with Crippen LogP contribution in [0.3, 0.4) is 0 Å². The lowest BCUT2D eigenvalue weighted by atomic mass is 9.49. The number of nitrogens with zero attached hydrogens (tertiary/aromatic N) is 1. The number of anilines is 1. The van der Waals surface area contributed by atoms with E-state index in [1.807, 2.05) is 0 Å². The van der Waals surface area contributed by atoms with Gasteiger partial charge in [0.25, 0.3) is 5.91 Å². The molecule has 4 saturated carbocycles. The summed E-state index contributed by atoms with van der Waals surface area (Å²) < 4.78 is 5.25. The minimum atomic E-state index is -0.839. The van der Waals surface area contributed by atoms with Crippen LogP contribution >= 0.6 is 11.6 Å². The number of hydrogen-bond donors (Lipinski definition) is 2. The van der Waals surface area contributed by atoms with E-state index in [2.05, 4.69) is 5.32 Å². The van der Waals surface area contributed by atoms with Crippen molar-refractivity contribution < 1.29 is 24.2 Å². The van der Waals surface area contributed by atoms with Crippen LogP contribution < -0.4 is 5.32 Å². The molecule has 1 aromatic rings. The van der Waals surface area contributed by atoms with Crippen molar-refractivity contribution >= 4 is 35.1 Å². The molecule has 2 atom stereocenters. The topological polar surface area (TPSA) is 95.9 Å². The van der Waals surface area contributed by atoms with Crippen molar-refractivity contribution in [2.75, 3.05) is 18.5 Å². The van der Waals surface area contributed by atoms with Crippen molar-refractivity contribution in [2.24, 2.45) is 23.2 Å². The third-order valence-corrected chi connectivity index (χ3v) is 8.03. The van der Waals surface area contributed by atoms with Crippen LogP contribution in [0.1, 0.15) is 44.9 Å². The largest absolute Gasteiger partial charge is 0.454 e. The molecule has 4 aliphatic carbocycles. The first kappa shape index (κ1) is 21.7. The van der Waals surface area contributed by atoms with Gasteiger partial charge >= 0.3 is 5.97 Å². The average Bonchev–Trinajstić information content (AvgIpc) is 3.14. The molecule has 2 N–H and O–H groups in total. The van der Waals surface area contributed by atoms with Crippen LogP contribution in [-0.2, 0) is 19.1 Å². The zero-order valence-corrected chi connectivity index (χ0v) is 18.7. The molecule has 0 radical (unpaired) electrons. The number of β-amino-alcohol motifs (C(OH)–C–C–N with tert-alkyl or cyclic N) is 1. The summed E-state index contributed by atoms with van der Waals surface area (Å²) in [4.78, 5) is 40.2. The Hall–Kier alpha value is -2.12. The molecule has 0 spiro atoms. The summed E-state index contributed by atoms with van der Waals surface area (Å²) in [5, 5.41) is 13.4. The van der Waals surface area contributed by atoms with Gasteiger partial charge in [0, 0.05) is 23.7 Å². The normalized spacial score (nSPS) is 35.1. The smallest absolute Gasteiger partial charge is 0.329 e. The molecule has 5 fully saturated rings. The van der Waals surface area contributed by atoms with Gasteiger partial charge in [0.05, 0.1) is 11.5 Å². The first-order valence-electron chi connectivity index (χ1n) is 11.5. The number of ether oxygens (including phenoxy) is 1. The van der Waals surface area contributed by atoms with Crippen molar-refractivity contribution in [3.63, 3.8) is 0 Å². The second-order valence-corrected chi connectivity index (χ2v) is 10.7. The number of likely N-dealkylation sites (tertiary alicyclic amines) is 1. The maximum Gasteiger partial charge on any atom is 0.329 e. The number of amides is 2. The number of aliphatic hydroxyl groups is 1. The number of rotatable bonds is 5. The molecule has 1 heterocycles. The molecular formula is C24H29ClN2O5. The maximum atomic E-state index is 13.7. The first-order chi connectivity index (χ1) is 15.3.